The summed E-state index contributed by atoms with van der Waals surface area (Å²) in [6, 6.07) is 7.39. The fourth-order valence-electron chi connectivity index (χ4n) is 1.70. The van der Waals surface area contributed by atoms with E-state index in [0.29, 0.717) is 18.4 Å². The summed E-state index contributed by atoms with van der Waals surface area (Å²) in [7, 11) is 0. The first-order chi connectivity index (χ1) is 10.0. The topological polar surface area (TPSA) is 38.3 Å². The first-order valence-corrected chi connectivity index (χ1v) is 6.58. The Hall–Kier alpha value is -2.14. The fraction of sp³-hybridized carbons (Fsp3) is 0.133. The van der Waals surface area contributed by atoms with Crippen molar-refractivity contribution in [2.75, 3.05) is 11.9 Å². The molecule has 0 radical (unpaired) electrons. The summed E-state index contributed by atoms with van der Waals surface area (Å²) < 4.78 is 31.5. The van der Waals surface area contributed by atoms with Gasteiger partial charge in [-0.2, -0.15) is 0 Å². The maximum absolute atomic E-state index is 13.5. The lowest BCUT2D eigenvalue weighted by Crippen LogP contribution is -2.13. The van der Waals surface area contributed by atoms with Crippen LogP contribution in [0.3, 0.4) is 0 Å². The van der Waals surface area contributed by atoms with Crippen molar-refractivity contribution in [3.63, 3.8) is 0 Å². The minimum atomic E-state index is -0.847. The number of amides is 1. The Morgan fingerprint density at radius 3 is 2.62 bits per heavy atom. The molecule has 0 bridgehead atoms. The minimum Gasteiger partial charge on any atom is -0.492 e. The number of carbonyl (C=O) groups excluding carboxylic acids is 1. The summed E-state index contributed by atoms with van der Waals surface area (Å²) in [6.45, 7) is 2.26. The van der Waals surface area contributed by atoms with E-state index >= 15 is 0 Å². The molecule has 3 nitrogen and oxygen atoms in total. The van der Waals surface area contributed by atoms with Gasteiger partial charge < -0.3 is 10.1 Å². The Labute approximate surface area is 125 Å². The molecule has 0 aromatic heterocycles. The van der Waals surface area contributed by atoms with Gasteiger partial charge in [-0.05, 0) is 37.3 Å². The molecule has 0 aliphatic carbocycles. The van der Waals surface area contributed by atoms with Crippen LogP contribution in [0.1, 0.15) is 17.3 Å². The monoisotopic (exact) mass is 311 g/mol. The lowest BCUT2D eigenvalue weighted by atomic mass is 10.2. The van der Waals surface area contributed by atoms with Gasteiger partial charge in [0.05, 0.1) is 17.3 Å². The van der Waals surface area contributed by atoms with Crippen LogP contribution in [-0.2, 0) is 0 Å². The highest BCUT2D eigenvalue weighted by Gasteiger charge is 2.12. The van der Waals surface area contributed by atoms with Gasteiger partial charge in [-0.3, -0.25) is 4.79 Å². The SMILES string of the molecule is CCOc1ccc(C(=O)Nc2ccc(F)cc2F)cc1Cl. The minimum absolute atomic E-state index is 0.105. The standard InChI is InChI=1S/C15H12ClF2NO2/c1-2-21-14-6-3-9(7-11(14)16)15(20)19-13-5-4-10(17)8-12(13)18/h3-8H,2H2,1H3,(H,19,20). The number of hydrogen-bond acceptors (Lipinski definition) is 2. The summed E-state index contributed by atoms with van der Waals surface area (Å²) >= 11 is 5.98. The van der Waals surface area contributed by atoms with Crippen LogP contribution in [0.4, 0.5) is 14.5 Å². The van der Waals surface area contributed by atoms with Gasteiger partial charge in [0.15, 0.2) is 0 Å². The molecule has 6 heteroatoms. The number of halogens is 3. The van der Waals surface area contributed by atoms with Crippen molar-refractivity contribution < 1.29 is 18.3 Å². The molecule has 0 fully saturated rings. The van der Waals surface area contributed by atoms with Crippen LogP contribution in [0.15, 0.2) is 36.4 Å². The molecule has 2 rings (SSSR count). The van der Waals surface area contributed by atoms with E-state index in [-0.39, 0.29) is 16.3 Å². The Bertz CT molecular complexity index is 677. The number of benzene rings is 2. The third-order valence-electron chi connectivity index (χ3n) is 2.67. The highest BCUT2D eigenvalue weighted by Crippen LogP contribution is 2.26. The Morgan fingerprint density at radius 1 is 1.24 bits per heavy atom. The molecule has 110 valence electrons. The second kappa shape index (κ2) is 6.54. The van der Waals surface area contributed by atoms with Gasteiger partial charge in [-0.15, -0.1) is 0 Å². The van der Waals surface area contributed by atoms with E-state index in [1.807, 2.05) is 6.92 Å². The lowest BCUT2D eigenvalue weighted by Gasteiger charge is -2.09. The highest BCUT2D eigenvalue weighted by molar-refractivity contribution is 6.32. The van der Waals surface area contributed by atoms with E-state index < -0.39 is 17.5 Å². The first kappa shape index (κ1) is 15.3. The second-order valence-electron chi connectivity index (χ2n) is 4.16. The van der Waals surface area contributed by atoms with Crippen LogP contribution in [0, 0.1) is 11.6 Å². The molecule has 2 aromatic rings. The molecule has 0 saturated carbocycles. The summed E-state index contributed by atoms with van der Waals surface area (Å²) in [5.41, 5.74) is 0.138. The predicted octanol–water partition coefficient (Wildman–Crippen LogP) is 4.27. The van der Waals surface area contributed by atoms with Gasteiger partial charge in [0.2, 0.25) is 0 Å². The van der Waals surface area contributed by atoms with Crippen LogP contribution in [0.25, 0.3) is 0 Å². The average molecular weight is 312 g/mol. The van der Waals surface area contributed by atoms with E-state index in [1.54, 1.807) is 6.07 Å². The van der Waals surface area contributed by atoms with E-state index in [9.17, 15) is 13.6 Å². The highest BCUT2D eigenvalue weighted by atomic mass is 35.5. The maximum atomic E-state index is 13.5. The molecule has 1 N–H and O–H groups in total. The Balaban J connectivity index is 2.18. The van der Waals surface area contributed by atoms with Crippen molar-refractivity contribution >= 4 is 23.2 Å². The number of hydrogen-bond donors (Lipinski definition) is 1. The van der Waals surface area contributed by atoms with Gasteiger partial charge in [0.25, 0.3) is 5.91 Å². The Kier molecular flexibility index (Phi) is 4.75. The molecule has 0 spiro atoms. The summed E-state index contributed by atoms with van der Waals surface area (Å²) in [5, 5.41) is 2.63. The van der Waals surface area contributed by atoms with E-state index in [4.69, 9.17) is 16.3 Å². The first-order valence-electron chi connectivity index (χ1n) is 6.20. The van der Waals surface area contributed by atoms with E-state index in [0.717, 1.165) is 12.1 Å². The normalized spacial score (nSPS) is 10.3. The molecule has 0 unspecified atom stereocenters. The van der Waals surface area contributed by atoms with Crippen LogP contribution in [-0.4, -0.2) is 12.5 Å². The third kappa shape index (κ3) is 3.70. The summed E-state index contributed by atoms with van der Waals surface area (Å²) in [6.07, 6.45) is 0. The molecule has 0 aliphatic heterocycles. The lowest BCUT2D eigenvalue weighted by molar-refractivity contribution is 0.102. The van der Waals surface area contributed by atoms with Crippen LogP contribution in [0.5, 0.6) is 5.75 Å². The zero-order valence-electron chi connectivity index (χ0n) is 11.1. The third-order valence-corrected chi connectivity index (χ3v) is 2.97. The van der Waals surface area contributed by atoms with Gasteiger partial charge in [0, 0.05) is 11.6 Å². The maximum Gasteiger partial charge on any atom is 0.255 e. The van der Waals surface area contributed by atoms with Crippen molar-refractivity contribution in [3.8, 4) is 5.75 Å². The number of carbonyl (C=O) groups is 1. The van der Waals surface area contributed by atoms with Crippen LogP contribution >= 0.6 is 11.6 Å². The van der Waals surface area contributed by atoms with Crippen molar-refractivity contribution in [2.24, 2.45) is 0 Å². The molecule has 0 saturated heterocycles. The van der Waals surface area contributed by atoms with Crippen LogP contribution in [0.2, 0.25) is 5.02 Å². The second-order valence-corrected chi connectivity index (χ2v) is 4.56. The molecule has 0 atom stereocenters. The quantitative estimate of drug-likeness (QED) is 0.915. The van der Waals surface area contributed by atoms with Gasteiger partial charge >= 0.3 is 0 Å². The zero-order chi connectivity index (χ0) is 15.4. The summed E-state index contributed by atoms with van der Waals surface area (Å²) in [5.74, 6) is -1.65. The molecule has 0 aliphatic rings. The number of nitrogens with one attached hydrogen (secondary N) is 1. The van der Waals surface area contributed by atoms with Crippen molar-refractivity contribution in [3.05, 3.63) is 58.6 Å². The number of ether oxygens (including phenoxy) is 1. The van der Waals surface area contributed by atoms with Crippen molar-refractivity contribution in [1.29, 1.82) is 0 Å². The van der Waals surface area contributed by atoms with E-state index in [2.05, 4.69) is 5.32 Å². The predicted molar refractivity (Wildman–Crippen MR) is 76.9 cm³/mol. The van der Waals surface area contributed by atoms with E-state index in [1.165, 1.54) is 12.1 Å². The molecule has 1 amide bonds. The molecule has 2 aromatic carbocycles. The van der Waals surface area contributed by atoms with Gasteiger partial charge in [-0.1, -0.05) is 11.6 Å². The fourth-order valence-corrected chi connectivity index (χ4v) is 1.94. The number of rotatable bonds is 4. The van der Waals surface area contributed by atoms with Gasteiger partial charge in [-0.25, -0.2) is 8.78 Å². The largest absolute Gasteiger partial charge is 0.492 e. The van der Waals surface area contributed by atoms with Crippen molar-refractivity contribution in [2.45, 2.75) is 6.92 Å². The molecule has 21 heavy (non-hydrogen) atoms. The average Bonchev–Trinajstić information content (AvgIpc) is 2.44. The number of anilines is 1. The smallest absolute Gasteiger partial charge is 0.255 e. The van der Waals surface area contributed by atoms with Crippen molar-refractivity contribution in [1.82, 2.24) is 0 Å². The van der Waals surface area contributed by atoms with Gasteiger partial charge in [0.1, 0.15) is 17.4 Å². The summed E-state index contributed by atoms with van der Waals surface area (Å²) in [4.78, 5) is 12.0. The zero-order valence-corrected chi connectivity index (χ0v) is 11.9. The molecular formula is C15H12ClF2NO2. The Morgan fingerprint density at radius 2 is 2.00 bits per heavy atom. The van der Waals surface area contributed by atoms with Crippen LogP contribution < -0.4 is 10.1 Å². The molecule has 0 heterocycles. The molecular weight excluding hydrogens is 300 g/mol.